The van der Waals surface area contributed by atoms with Crippen molar-refractivity contribution in [2.75, 3.05) is 0 Å². The molecule has 0 atom stereocenters. The molecule has 0 amide bonds. The first kappa shape index (κ1) is 36.1. The molecular weight excluding hydrogens is 795 g/mol. The van der Waals surface area contributed by atoms with Crippen molar-refractivity contribution in [3.8, 4) is 33.8 Å². The second kappa shape index (κ2) is 15.5. The van der Waals surface area contributed by atoms with E-state index in [1.807, 2.05) is 54.7 Å². The van der Waals surface area contributed by atoms with Gasteiger partial charge in [0.05, 0.1) is 19.4 Å². The average Bonchev–Trinajstić information content (AvgIpc) is 3.46. The molecule has 0 N–H and O–H groups in total. The standard InChI is InChI=1S/C25H19N2O.C18H24NSi.Ir/c1-16(2)18-12-13-26-23(15-18)19-8-11-24-21(14-19)20-9-10-22(27-25(20)28-24)17-6-4-3-5-7-17;1-14(2)11-16-12-17(15-9-7-6-8-10-15)19-13-18(16)20(3,4)5;/h3-7,9-16H,1-2H3;6-9,12-14H,11H2,1-5H3;/q2*-1;. The van der Waals surface area contributed by atoms with Crippen molar-refractivity contribution in [3.63, 3.8) is 0 Å². The fourth-order valence-corrected chi connectivity index (χ4v) is 7.54. The van der Waals surface area contributed by atoms with Crippen molar-refractivity contribution < 1.29 is 24.5 Å². The molecule has 4 aromatic heterocycles. The van der Waals surface area contributed by atoms with E-state index in [0.717, 1.165) is 56.5 Å². The van der Waals surface area contributed by atoms with Gasteiger partial charge in [-0.1, -0.05) is 106 Å². The van der Waals surface area contributed by atoms with E-state index in [-0.39, 0.29) is 20.1 Å². The molecule has 4 heterocycles. The number of hydrogen-bond acceptors (Lipinski definition) is 4. The summed E-state index contributed by atoms with van der Waals surface area (Å²) in [5, 5.41) is 3.53. The van der Waals surface area contributed by atoms with Crippen molar-refractivity contribution in [2.45, 2.75) is 59.7 Å². The number of fused-ring (bicyclic) bond motifs is 3. The maximum Gasteiger partial charge on any atom is 0.216 e. The average molecular weight is 838 g/mol. The van der Waals surface area contributed by atoms with Gasteiger partial charge in [0.2, 0.25) is 5.71 Å². The molecule has 0 aliphatic carbocycles. The summed E-state index contributed by atoms with van der Waals surface area (Å²) in [6.45, 7) is 16.1. The molecule has 0 saturated carbocycles. The van der Waals surface area contributed by atoms with Crippen LogP contribution in [0, 0.1) is 18.1 Å². The predicted molar refractivity (Wildman–Crippen MR) is 203 cm³/mol. The smallest absolute Gasteiger partial charge is 0.216 e. The fourth-order valence-electron chi connectivity index (χ4n) is 5.95. The van der Waals surface area contributed by atoms with Gasteiger partial charge < -0.3 is 14.4 Å². The van der Waals surface area contributed by atoms with E-state index in [4.69, 9.17) is 9.40 Å². The van der Waals surface area contributed by atoms with Gasteiger partial charge in [0.1, 0.15) is 0 Å². The summed E-state index contributed by atoms with van der Waals surface area (Å²) >= 11 is 0. The number of furan rings is 1. The third kappa shape index (κ3) is 8.51. The molecule has 49 heavy (non-hydrogen) atoms. The number of benzene rings is 3. The first-order valence-corrected chi connectivity index (χ1v) is 20.3. The summed E-state index contributed by atoms with van der Waals surface area (Å²) < 4.78 is 6.00. The van der Waals surface area contributed by atoms with Gasteiger partial charge in [0, 0.05) is 43.4 Å². The number of pyridine rings is 3. The van der Waals surface area contributed by atoms with Crippen molar-refractivity contribution in [1.29, 1.82) is 0 Å². The van der Waals surface area contributed by atoms with Crippen molar-refractivity contribution in [2.24, 2.45) is 5.92 Å². The van der Waals surface area contributed by atoms with Crippen LogP contribution in [0.5, 0.6) is 0 Å². The number of aromatic nitrogens is 3. The van der Waals surface area contributed by atoms with Gasteiger partial charge in [-0.2, -0.15) is 0 Å². The zero-order chi connectivity index (χ0) is 33.8. The first-order valence-electron chi connectivity index (χ1n) is 16.8. The Balaban J connectivity index is 0.000000199. The van der Waals surface area contributed by atoms with Crippen molar-refractivity contribution in [1.82, 2.24) is 15.0 Å². The Labute approximate surface area is 305 Å². The predicted octanol–water partition coefficient (Wildman–Crippen LogP) is 10.9. The summed E-state index contributed by atoms with van der Waals surface area (Å²) in [5.41, 5.74) is 10.2. The van der Waals surface area contributed by atoms with E-state index in [2.05, 4.69) is 124 Å². The van der Waals surface area contributed by atoms with Crippen LogP contribution in [0.15, 0.2) is 114 Å². The Morgan fingerprint density at radius 3 is 2.18 bits per heavy atom. The summed E-state index contributed by atoms with van der Waals surface area (Å²) in [5.74, 6) is 1.13. The largest absolute Gasteiger partial charge is 0.486 e. The van der Waals surface area contributed by atoms with Crippen LogP contribution in [0.4, 0.5) is 0 Å². The third-order valence-electron chi connectivity index (χ3n) is 8.48. The van der Waals surface area contributed by atoms with Crippen LogP contribution in [0.1, 0.15) is 44.7 Å². The van der Waals surface area contributed by atoms with Crippen LogP contribution in [0.3, 0.4) is 0 Å². The molecule has 0 spiro atoms. The van der Waals surface area contributed by atoms with Gasteiger partial charge in [-0.15, -0.1) is 59.7 Å². The Morgan fingerprint density at radius 1 is 0.735 bits per heavy atom. The van der Waals surface area contributed by atoms with Crippen LogP contribution in [0.2, 0.25) is 19.6 Å². The molecule has 0 fully saturated rings. The zero-order valence-corrected chi connectivity index (χ0v) is 32.7. The Kier molecular flexibility index (Phi) is 11.4. The zero-order valence-electron chi connectivity index (χ0n) is 29.3. The topological polar surface area (TPSA) is 51.8 Å². The van der Waals surface area contributed by atoms with Crippen LogP contribution < -0.4 is 5.19 Å². The molecule has 0 saturated heterocycles. The van der Waals surface area contributed by atoms with E-state index < -0.39 is 8.07 Å². The van der Waals surface area contributed by atoms with Gasteiger partial charge in [0.25, 0.3) is 0 Å². The van der Waals surface area contributed by atoms with E-state index in [1.54, 1.807) is 0 Å². The Hall–Kier alpha value is -4.22. The molecule has 1 radical (unpaired) electrons. The van der Waals surface area contributed by atoms with Crippen LogP contribution in [0.25, 0.3) is 55.8 Å². The van der Waals surface area contributed by atoms with E-state index in [9.17, 15) is 0 Å². The quantitative estimate of drug-likeness (QED) is 0.119. The number of nitrogens with zero attached hydrogens (tertiary/aromatic N) is 3. The van der Waals surface area contributed by atoms with Gasteiger partial charge in [-0.3, -0.25) is 0 Å². The Morgan fingerprint density at radius 2 is 1.49 bits per heavy atom. The number of hydrogen-bond donors (Lipinski definition) is 0. The number of rotatable bonds is 7. The molecule has 0 bridgehead atoms. The summed E-state index contributed by atoms with van der Waals surface area (Å²) in [6.07, 6.45) is 5.10. The SMILES string of the molecule is CC(C)Cc1cc(-c2[c-]cccc2)ncc1[Si](C)(C)C.CC(C)c1ccnc(-c2[c-]cc3oc4nc(-c5ccccc5)ccc4c3c2)c1.[Ir]. The molecule has 251 valence electrons. The van der Waals surface area contributed by atoms with Crippen LogP contribution in [-0.2, 0) is 26.5 Å². The van der Waals surface area contributed by atoms with E-state index in [0.29, 0.717) is 17.5 Å². The molecule has 0 unspecified atom stereocenters. The molecule has 7 rings (SSSR count). The van der Waals surface area contributed by atoms with Crippen molar-refractivity contribution >= 4 is 35.3 Å². The minimum Gasteiger partial charge on any atom is -0.486 e. The van der Waals surface area contributed by atoms with Gasteiger partial charge in [0.15, 0.2) is 0 Å². The Bertz CT molecular complexity index is 2150. The summed E-state index contributed by atoms with van der Waals surface area (Å²) in [4.78, 5) is 14.0. The third-order valence-corrected chi connectivity index (χ3v) is 10.5. The minimum atomic E-state index is -1.34. The fraction of sp³-hybridized carbons (Fsp3) is 0.233. The first-order chi connectivity index (χ1) is 23.1. The normalized spacial score (nSPS) is 11.4. The molecule has 7 aromatic rings. The van der Waals surface area contributed by atoms with Crippen molar-refractivity contribution in [3.05, 3.63) is 133 Å². The van der Waals surface area contributed by atoms with E-state index in [1.165, 1.54) is 16.3 Å². The molecule has 0 aliphatic rings. The van der Waals surface area contributed by atoms with Crippen LogP contribution >= 0.6 is 0 Å². The summed E-state index contributed by atoms with van der Waals surface area (Å²) in [7, 11) is -1.34. The second-order valence-corrected chi connectivity index (χ2v) is 19.2. The molecular formula is C43H43IrN3OSi-2. The summed E-state index contributed by atoms with van der Waals surface area (Å²) in [6, 6.07) is 39.4. The van der Waals surface area contributed by atoms with Gasteiger partial charge >= 0.3 is 0 Å². The van der Waals surface area contributed by atoms with E-state index >= 15 is 0 Å². The minimum absolute atomic E-state index is 0. The molecule has 0 aliphatic heterocycles. The maximum atomic E-state index is 6.00. The molecule has 6 heteroatoms. The monoisotopic (exact) mass is 838 g/mol. The van der Waals surface area contributed by atoms with Crippen LogP contribution in [-0.4, -0.2) is 23.0 Å². The van der Waals surface area contributed by atoms with Gasteiger partial charge in [-0.25, -0.2) is 4.98 Å². The molecule has 3 aromatic carbocycles. The van der Waals surface area contributed by atoms with Gasteiger partial charge in [-0.05, 0) is 53.0 Å². The molecule has 4 nitrogen and oxygen atoms in total. The maximum absolute atomic E-state index is 6.00. The second-order valence-electron chi connectivity index (χ2n) is 14.1.